The number of carbonyl (C=O) groups is 1. The molecule has 0 aliphatic carbocycles. The van der Waals surface area contributed by atoms with E-state index in [9.17, 15) is 4.79 Å². The minimum Gasteiger partial charge on any atom is -0.464 e. The van der Waals surface area contributed by atoms with Gasteiger partial charge in [0.2, 0.25) is 0 Å². The van der Waals surface area contributed by atoms with Crippen molar-refractivity contribution in [1.82, 2.24) is 9.55 Å². The first-order valence-electron chi connectivity index (χ1n) is 5.92. The summed E-state index contributed by atoms with van der Waals surface area (Å²) in [5.41, 5.74) is 0. The average molecular weight is 224 g/mol. The van der Waals surface area contributed by atoms with Gasteiger partial charge in [-0.1, -0.05) is 13.8 Å². The molecule has 4 nitrogen and oxygen atoms in total. The van der Waals surface area contributed by atoms with Crippen LogP contribution in [0.4, 0.5) is 0 Å². The minimum absolute atomic E-state index is 0.166. The fourth-order valence-electron chi connectivity index (χ4n) is 1.76. The molecule has 16 heavy (non-hydrogen) atoms. The largest absolute Gasteiger partial charge is 0.464 e. The smallest absolute Gasteiger partial charge is 0.329 e. The van der Waals surface area contributed by atoms with Crippen LogP contribution in [0.5, 0.6) is 0 Å². The number of hydrogen-bond donors (Lipinski definition) is 0. The second kappa shape index (κ2) is 6.30. The maximum absolute atomic E-state index is 11.8. The molecule has 1 aromatic heterocycles. The number of esters is 1. The minimum atomic E-state index is -0.232. The Labute approximate surface area is 96.6 Å². The van der Waals surface area contributed by atoms with Crippen LogP contribution in [-0.4, -0.2) is 22.1 Å². The highest BCUT2D eigenvalue weighted by molar-refractivity contribution is 5.74. The van der Waals surface area contributed by atoms with Crippen LogP contribution >= 0.6 is 0 Å². The van der Waals surface area contributed by atoms with Gasteiger partial charge >= 0.3 is 5.97 Å². The van der Waals surface area contributed by atoms with Gasteiger partial charge in [0.1, 0.15) is 11.9 Å². The van der Waals surface area contributed by atoms with E-state index in [0.29, 0.717) is 6.61 Å². The molecule has 0 aromatic carbocycles. The lowest BCUT2D eigenvalue weighted by Gasteiger charge is -2.17. The lowest BCUT2D eigenvalue weighted by atomic mass is 10.2. The maximum atomic E-state index is 11.8. The summed E-state index contributed by atoms with van der Waals surface area (Å²) in [5, 5.41) is 0. The van der Waals surface area contributed by atoms with Gasteiger partial charge in [0, 0.05) is 18.8 Å². The topological polar surface area (TPSA) is 44.1 Å². The quantitative estimate of drug-likeness (QED) is 0.697. The summed E-state index contributed by atoms with van der Waals surface area (Å²) in [4.78, 5) is 16.0. The molecule has 1 heterocycles. The Morgan fingerprint density at radius 2 is 2.25 bits per heavy atom. The van der Waals surface area contributed by atoms with Crippen LogP contribution < -0.4 is 0 Å². The van der Waals surface area contributed by atoms with Crippen molar-refractivity contribution in [3.05, 3.63) is 18.2 Å². The number of ether oxygens (including phenoxy) is 1. The summed E-state index contributed by atoms with van der Waals surface area (Å²) in [6.07, 6.45) is 6.24. The number of hydrogen-bond acceptors (Lipinski definition) is 3. The highest BCUT2D eigenvalue weighted by Gasteiger charge is 2.21. The van der Waals surface area contributed by atoms with Crippen LogP contribution in [0.2, 0.25) is 0 Å². The first-order valence-corrected chi connectivity index (χ1v) is 5.92. The normalized spacial score (nSPS) is 12.4. The summed E-state index contributed by atoms with van der Waals surface area (Å²) in [6.45, 7) is 6.33. The van der Waals surface area contributed by atoms with Crippen molar-refractivity contribution in [3.8, 4) is 0 Å². The Kier molecular flexibility index (Phi) is 5.02. The summed E-state index contributed by atoms with van der Waals surface area (Å²) in [6, 6.07) is -0.232. The molecule has 4 heteroatoms. The molecule has 0 aliphatic heterocycles. The molecule has 0 N–H and O–H groups in total. The van der Waals surface area contributed by atoms with Crippen molar-refractivity contribution in [2.45, 2.75) is 46.1 Å². The maximum Gasteiger partial charge on any atom is 0.329 e. The first-order chi connectivity index (χ1) is 7.74. The molecule has 0 saturated carbocycles. The number of rotatable bonds is 6. The Hall–Kier alpha value is -1.32. The molecule has 90 valence electrons. The lowest BCUT2D eigenvalue weighted by Crippen LogP contribution is -2.22. The van der Waals surface area contributed by atoms with E-state index in [1.807, 2.05) is 24.6 Å². The summed E-state index contributed by atoms with van der Waals surface area (Å²) in [5.74, 6) is 0.794. The molecule has 1 rings (SSSR count). The van der Waals surface area contributed by atoms with E-state index in [-0.39, 0.29) is 12.0 Å². The van der Waals surface area contributed by atoms with E-state index in [0.717, 1.165) is 25.1 Å². The number of nitrogens with zero attached hydrogens (tertiary/aromatic N) is 2. The molecule has 0 bridgehead atoms. The molecular formula is C12H20N2O2. The third kappa shape index (κ3) is 2.84. The molecule has 1 unspecified atom stereocenters. The lowest BCUT2D eigenvalue weighted by molar-refractivity contribution is -0.147. The van der Waals surface area contributed by atoms with Gasteiger partial charge < -0.3 is 9.30 Å². The van der Waals surface area contributed by atoms with Gasteiger partial charge in [0.15, 0.2) is 0 Å². The molecule has 0 amide bonds. The van der Waals surface area contributed by atoms with Crippen molar-refractivity contribution in [3.63, 3.8) is 0 Å². The fourth-order valence-corrected chi connectivity index (χ4v) is 1.76. The molecule has 0 fully saturated rings. The van der Waals surface area contributed by atoms with Gasteiger partial charge in [-0.2, -0.15) is 0 Å². The number of imidazole rings is 1. The van der Waals surface area contributed by atoms with E-state index in [4.69, 9.17) is 4.74 Å². The highest BCUT2D eigenvalue weighted by Crippen LogP contribution is 2.16. The van der Waals surface area contributed by atoms with Crippen LogP contribution in [0.15, 0.2) is 12.4 Å². The van der Waals surface area contributed by atoms with Crippen LogP contribution in [-0.2, 0) is 16.0 Å². The second-order valence-electron chi connectivity index (χ2n) is 3.68. The van der Waals surface area contributed by atoms with Crippen molar-refractivity contribution in [2.24, 2.45) is 0 Å². The van der Waals surface area contributed by atoms with Gasteiger partial charge in [-0.05, 0) is 19.8 Å². The average Bonchev–Trinajstić information content (AvgIpc) is 2.69. The van der Waals surface area contributed by atoms with Gasteiger partial charge in [-0.25, -0.2) is 9.78 Å². The summed E-state index contributed by atoms with van der Waals surface area (Å²) in [7, 11) is 0. The molecule has 1 atom stereocenters. The predicted octanol–water partition coefficient (Wildman–Crippen LogP) is 2.35. The van der Waals surface area contributed by atoms with E-state index in [1.54, 1.807) is 6.20 Å². The molecule has 1 aromatic rings. The van der Waals surface area contributed by atoms with Gasteiger partial charge in [0.05, 0.1) is 6.61 Å². The van der Waals surface area contributed by atoms with Crippen molar-refractivity contribution in [2.75, 3.05) is 6.61 Å². The third-order valence-electron chi connectivity index (χ3n) is 2.50. The monoisotopic (exact) mass is 224 g/mol. The molecule has 0 aliphatic rings. The second-order valence-corrected chi connectivity index (χ2v) is 3.68. The van der Waals surface area contributed by atoms with Crippen LogP contribution in [0.1, 0.15) is 45.5 Å². The van der Waals surface area contributed by atoms with Crippen molar-refractivity contribution < 1.29 is 9.53 Å². The summed E-state index contributed by atoms with van der Waals surface area (Å²) >= 11 is 0. The zero-order chi connectivity index (χ0) is 12.0. The van der Waals surface area contributed by atoms with Crippen LogP contribution in [0.3, 0.4) is 0 Å². The van der Waals surface area contributed by atoms with Crippen LogP contribution in [0, 0.1) is 0 Å². The van der Waals surface area contributed by atoms with Crippen LogP contribution in [0.25, 0.3) is 0 Å². The Bertz CT molecular complexity index is 334. The van der Waals surface area contributed by atoms with Crippen molar-refractivity contribution >= 4 is 5.97 Å². The fraction of sp³-hybridized carbons (Fsp3) is 0.667. The summed E-state index contributed by atoms with van der Waals surface area (Å²) < 4.78 is 7.00. The zero-order valence-corrected chi connectivity index (χ0v) is 10.3. The standard InChI is InChI=1S/C12H20N2O2/c1-4-7-11-13-8-9-14(11)10(5-2)12(15)16-6-3/h8-10H,4-7H2,1-3H3. The van der Waals surface area contributed by atoms with E-state index < -0.39 is 0 Å². The Morgan fingerprint density at radius 3 is 2.81 bits per heavy atom. The molecule has 0 spiro atoms. The first kappa shape index (κ1) is 12.7. The molecule has 0 saturated heterocycles. The van der Waals surface area contributed by atoms with E-state index in [2.05, 4.69) is 11.9 Å². The molecule has 0 radical (unpaired) electrons. The zero-order valence-electron chi connectivity index (χ0n) is 10.3. The highest BCUT2D eigenvalue weighted by atomic mass is 16.5. The van der Waals surface area contributed by atoms with E-state index in [1.165, 1.54) is 0 Å². The third-order valence-corrected chi connectivity index (χ3v) is 2.50. The number of carbonyl (C=O) groups excluding carboxylic acids is 1. The number of aromatic nitrogens is 2. The van der Waals surface area contributed by atoms with E-state index >= 15 is 0 Å². The Balaban J connectivity index is 2.85. The molecular weight excluding hydrogens is 204 g/mol. The number of aryl methyl sites for hydroxylation is 1. The van der Waals surface area contributed by atoms with Gasteiger partial charge in [0.25, 0.3) is 0 Å². The SMILES string of the molecule is CCCc1nccn1C(CC)C(=O)OCC. The van der Waals surface area contributed by atoms with Gasteiger partial charge in [-0.3, -0.25) is 0 Å². The van der Waals surface area contributed by atoms with Gasteiger partial charge in [-0.15, -0.1) is 0 Å². The van der Waals surface area contributed by atoms with Crippen molar-refractivity contribution in [1.29, 1.82) is 0 Å². The predicted molar refractivity (Wildman–Crippen MR) is 62.2 cm³/mol. The Morgan fingerprint density at radius 1 is 1.50 bits per heavy atom.